The molecule has 0 aliphatic carbocycles. The molecule has 7 heteroatoms. The van der Waals surface area contributed by atoms with Gasteiger partial charge in [-0.1, -0.05) is 23.4 Å². The molecular weight excluding hydrogens is 255 g/mol. The van der Waals surface area contributed by atoms with Gasteiger partial charge in [0.1, 0.15) is 0 Å². The molecule has 1 saturated heterocycles. The lowest BCUT2D eigenvalue weighted by Gasteiger charge is -2.29. The van der Waals surface area contributed by atoms with Crippen LogP contribution in [0.1, 0.15) is 5.69 Å². The Balaban J connectivity index is 1.90. The summed E-state index contributed by atoms with van der Waals surface area (Å²) >= 11 is 0. The molecule has 3 aliphatic heterocycles. The Labute approximate surface area is 117 Å². The highest BCUT2D eigenvalue weighted by Gasteiger charge is 2.29. The van der Waals surface area contributed by atoms with E-state index in [1.54, 1.807) is 0 Å². The quantitative estimate of drug-likeness (QED) is 0.622. The number of aromatic nitrogens is 3. The molecular formula is C13H15BN4O2. The summed E-state index contributed by atoms with van der Waals surface area (Å²) in [6.07, 6.45) is 1.84. The van der Waals surface area contributed by atoms with Crippen LogP contribution < -0.4 is 5.46 Å². The van der Waals surface area contributed by atoms with E-state index >= 15 is 0 Å². The molecule has 5 rings (SSSR count). The van der Waals surface area contributed by atoms with E-state index in [1.807, 2.05) is 35.1 Å². The molecule has 1 aromatic carbocycles. The minimum Gasteiger partial charge on any atom is -0.406 e. The van der Waals surface area contributed by atoms with E-state index in [1.165, 1.54) is 0 Å². The fraction of sp³-hybridized carbons (Fsp3) is 0.385. The molecule has 1 fully saturated rings. The summed E-state index contributed by atoms with van der Waals surface area (Å²) in [5.41, 5.74) is 3.09. The number of nitrogens with zero attached hydrogens (tertiary/aromatic N) is 4. The van der Waals surface area contributed by atoms with Crippen molar-refractivity contribution in [3.63, 3.8) is 0 Å². The normalized spacial score (nSPS) is 19.3. The van der Waals surface area contributed by atoms with Gasteiger partial charge in [-0.2, -0.15) is 0 Å². The molecule has 1 aromatic heterocycles. The maximum absolute atomic E-state index is 5.88. The lowest BCUT2D eigenvalue weighted by atomic mass is 9.77. The Morgan fingerprint density at radius 1 is 1.10 bits per heavy atom. The summed E-state index contributed by atoms with van der Waals surface area (Å²) in [6.45, 7) is 3.93. The topological polar surface area (TPSA) is 52.4 Å². The summed E-state index contributed by atoms with van der Waals surface area (Å²) < 4.78 is 13.7. The maximum Gasteiger partial charge on any atom is 0.496 e. The Hall–Kier alpha value is -1.70. The minimum atomic E-state index is -0.330. The SMILES string of the molecule is c1ccc2c(c1)B1OCCN(CCO1)Cc1cnnn1-2. The minimum absolute atomic E-state index is 0.330. The predicted molar refractivity (Wildman–Crippen MR) is 73.9 cm³/mol. The molecule has 20 heavy (non-hydrogen) atoms. The highest BCUT2D eigenvalue weighted by Crippen LogP contribution is 2.14. The first kappa shape index (κ1) is 12.1. The number of hydrogen-bond acceptors (Lipinski definition) is 5. The van der Waals surface area contributed by atoms with Crippen molar-refractivity contribution in [2.45, 2.75) is 6.54 Å². The summed E-state index contributed by atoms with van der Waals surface area (Å²) in [7, 11) is -0.330. The molecule has 0 N–H and O–H groups in total. The van der Waals surface area contributed by atoms with Crippen molar-refractivity contribution in [1.29, 1.82) is 0 Å². The van der Waals surface area contributed by atoms with Gasteiger partial charge in [0.2, 0.25) is 0 Å². The smallest absolute Gasteiger partial charge is 0.406 e. The third kappa shape index (κ3) is 2.04. The van der Waals surface area contributed by atoms with Crippen molar-refractivity contribution in [2.24, 2.45) is 0 Å². The van der Waals surface area contributed by atoms with E-state index in [-0.39, 0.29) is 7.12 Å². The van der Waals surface area contributed by atoms with Crippen LogP contribution in [0.3, 0.4) is 0 Å². The molecule has 0 spiro atoms. The highest BCUT2D eigenvalue weighted by molar-refractivity contribution is 6.62. The zero-order valence-corrected chi connectivity index (χ0v) is 11.1. The van der Waals surface area contributed by atoms with Crippen LogP contribution in [0.15, 0.2) is 30.5 Å². The molecule has 2 aromatic rings. The standard InChI is InChI=1S/C13H15BN4O2/c1-2-4-13-12(3-1)14-19-7-5-17(6-8-20-14)10-11-9-15-16-18(11)13/h1-4,9H,5-8,10H2. The lowest BCUT2D eigenvalue weighted by molar-refractivity contribution is 0.110. The fourth-order valence-corrected chi connectivity index (χ4v) is 2.75. The van der Waals surface area contributed by atoms with Crippen LogP contribution in [-0.2, 0) is 15.9 Å². The molecule has 4 heterocycles. The van der Waals surface area contributed by atoms with Crippen molar-refractivity contribution in [1.82, 2.24) is 19.9 Å². The van der Waals surface area contributed by atoms with Gasteiger partial charge in [0.25, 0.3) is 0 Å². The molecule has 0 saturated carbocycles. The Morgan fingerprint density at radius 3 is 2.75 bits per heavy atom. The summed E-state index contributed by atoms with van der Waals surface area (Å²) in [5, 5.41) is 8.29. The van der Waals surface area contributed by atoms with Crippen LogP contribution in [0.25, 0.3) is 5.69 Å². The molecule has 0 radical (unpaired) electrons. The second-order valence-electron chi connectivity index (χ2n) is 5.05. The monoisotopic (exact) mass is 270 g/mol. The zero-order chi connectivity index (χ0) is 13.4. The Morgan fingerprint density at radius 2 is 1.90 bits per heavy atom. The number of hydrogen-bond donors (Lipinski definition) is 0. The van der Waals surface area contributed by atoms with E-state index in [0.29, 0.717) is 13.2 Å². The van der Waals surface area contributed by atoms with E-state index in [4.69, 9.17) is 9.31 Å². The van der Waals surface area contributed by atoms with Crippen LogP contribution in [0.5, 0.6) is 0 Å². The fourth-order valence-electron chi connectivity index (χ4n) is 2.75. The van der Waals surface area contributed by atoms with Gasteiger partial charge in [0.05, 0.1) is 17.6 Å². The summed E-state index contributed by atoms with van der Waals surface area (Å²) in [5.74, 6) is 0. The number of benzene rings is 1. The first-order valence-electron chi connectivity index (χ1n) is 6.86. The number of fused-ring (bicyclic) bond motifs is 4. The third-order valence-corrected chi connectivity index (χ3v) is 3.78. The maximum atomic E-state index is 5.88. The molecule has 0 amide bonds. The molecule has 3 aliphatic rings. The summed E-state index contributed by atoms with van der Waals surface area (Å²) in [6, 6.07) is 8.06. The Bertz CT molecular complexity index is 608. The van der Waals surface area contributed by atoms with Gasteiger partial charge in [-0.25, -0.2) is 4.68 Å². The average molecular weight is 270 g/mol. The molecule has 102 valence electrons. The summed E-state index contributed by atoms with van der Waals surface area (Å²) in [4.78, 5) is 2.30. The van der Waals surface area contributed by atoms with Gasteiger partial charge in [-0.3, -0.25) is 4.90 Å². The van der Waals surface area contributed by atoms with Gasteiger partial charge < -0.3 is 9.31 Å². The van der Waals surface area contributed by atoms with Crippen molar-refractivity contribution in [3.8, 4) is 5.69 Å². The van der Waals surface area contributed by atoms with E-state index in [2.05, 4.69) is 15.2 Å². The van der Waals surface area contributed by atoms with Crippen LogP contribution >= 0.6 is 0 Å². The van der Waals surface area contributed by atoms with E-state index < -0.39 is 0 Å². The van der Waals surface area contributed by atoms with Crippen molar-refractivity contribution < 1.29 is 9.31 Å². The van der Waals surface area contributed by atoms with Crippen LogP contribution in [0, 0.1) is 0 Å². The lowest BCUT2D eigenvalue weighted by Crippen LogP contribution is -2.47. The Kier molecular flexibility index (Phi) is 3.02. The third-order valence-electron chi connectivity index (χ3n) is 3.78. The van der Waals surface area contributed by atoms with E-state index in [9.17, 15) is 0 Å². The van der Waals surface area contributed by atoms with Crippen LogP contribution in [0.4, 0.5) is 0 Å². The first-order valence-corrected chi connectivity index (χ1v) is 6.86. The highest BCUT2D eigenvalue weighted by atomic mass is 16.6. The van der Waals surface area contributed by atoms with Gasteiger partial charge in [-0.15, -0.1) is 5.10 Å². The van der Waals surface area contributed by atoms with Crippen molar-refractivity contribution in [2.75, 3.05) is 26.3 Å². The second-order valence-corrected chi connectivity index (χ2v) is 5.05. The van der Waals surface area contributed by atoms with E-state index in [0.717, 1.165) is 36.5 Å². The van der Waals surface area contributed by atoms with Gasteiger partial charge >= 0.3 is 7.12 Å². The molecule has 2 bridgehead atoms. The van der Waals surface area contributed by atoms with Crippen LogP contribution in [-0.4, -0.2) is 53.3 Å². The predicted octanol–water partition coefficient (Wildman–Crippen LogP) is -0.175. The number of para-hydroxylation sites is 1. The first-order chi connectivity index (χ1) is 9.92. The average Bonchev–Trinajstić information content (AvgIpc) is 2.90. The van der Waals surface area contributed by atoms with Gasteiger partial charge in [0.15, 0.2) is 0 Å². The largest absolute Gasteiger partial charge is 0.496 e. The van der Waals surface area contributed by atoms with Crippen LogP contribution in [0.2, 0.25) is 0 Å². The van der Waals surface area contributed by atoms with Crippen molar-refractivity contribution >= 4 is 12.6 Å². The zero-order valence-electron chi connectivity index (χ0n) is 11.1. The second kappa shape index (κ2) is 5.01. The number of rotatable bonds is 0. The van der Waals surface area contributed by atoms with Gasteiger partial charge in [0, 0.05) is 38.3 Å². The molecule has 6 nitrogen and oxygen atoms in total. The molecule has 0 unspecified atom stereocenters. The van der Waals surface area contributed by atoms with Crippen molar-refractivity contribution in [3.05, 3.63) is 36.2 Å². The molecule has 0 atom stereocenters. The van der Waals surface area contributed by atoms with Gasteiger partial charge in [-0.05, 0) is 6.07 Å².